The quantitative estimate of drug-likeness (QED) is 0.572. The van der Waals surface area contributed by atoms with Crippen LogP contribution in [0, 0.1) is 11.8 Å². The standard InChI is InChI=1S/C23H37N3/c1-5-6-9-18(2)14-22-13-12-20(4)25(22)16-19(3)17-26-23-11-8-7-10-21(23)15-24-26/h7-8,10-11,15,18-20,22H,5-6,9,12-14,16-17H2,1-4H3. The molecule has 3 heteroatoms. The first-order valence-electron chi connectivity index (χ1n) is 10.7. The third-order valence-corrected chi connectivity index (χ3v) is 6.24. The lowest BCUT2D eigenvalue weighted by Gasteiger charge is -2.32. The third-order valence-electron chi connectivity index (χ3n) is 6.24. The van der Waals surface area contributed by atoms with Gasteiger partial charge in [-0.1, -0.05) is 58.2 Å². The van der Waals surface area contributed by atoms with Gasteiger partial charge in [0.05, 0.1) is 11.7 Å². The second kappa shape index (κ2) is 9.03. The molecule has 1 saturated heterocycles. The van der Waals surface area contributed by atoms with E-state index in [1.54, 1.807) is 0 Å². The molecule has 1 aromatic carbocycles. The lowest BCUT2D eigenvalue weighted by molar-refractivity contribution is 0.148. The minimum absolute atomic E-state index is 0.618. The van der Waals surface area contributed by atoms with Crippen molar-refractivity contribution in [1.29, 1.82) is 0 Å². The van der Waals surface area contributed by atoms with Gasteiger partial charge in [0.25, 0.3) is 0 Å². The van der Waals surface area contributed by atoms with Crippen molar-refractivity contribution in [3.05, 3.63) is 30.5 Å². The van der Waals surface area contributed by atoms with Crippen LogP contribution in [0.2, 0.25) is 0 Å². The van der Waals surface area contributed by atoms with E-state index in [1.165, 1.54) is 56.0 Å². The van der Waals surface area contributed by atoms with Crippen molar-refractivity contribution < 1.29 is 0 Å². The lowest BCUT2D eigenvalue weighted by atomic mass is 9.95. The summed E-state index contributed by atoms with van der Waals surface area (Å²) in [5.41, 5.74) is 1.26. The van der Waals surface area contributed by atoms with Crippen molar-refractivity contribution in [2.75, 3.05) is 6.54 Å². The molecule has 1 aliphatic rings. The number of rotatable bonds is 9. The summed E-state index contributed by atoms with van der Waals surface area (Å²) in [6, 6.07) is 10.1. The number of para-hydroxylation sites is 1. The average Bonchev–Trinajstić information content (AvgIpc) is 3.18. The van der Waals surface area contributed by atoms with Crippen LogP contribution in [0.25, 0.3) is 10.9 Å². The minimum atomic E-state index is 0.618. The Morgan fingerprint density at radius 1 is 1.12 bits per heavy atom. The van der Waals surface area contributed by atoms with E-state index < -0.39 is 0 Å². The molecule has 3 nitrogen and oxygen atoms in total. The predicted octanol–water partition coefficient (Wildman–Crippen LogP) is 5.74. The fraction of sp³-hybridized carbons (Fsp3) is 0.696. The summed E-state index contributed by atoms with van der Waals surface area (Å²) in [6.07, 6.45) is 10.2. The maximum Gasteiger partial charge on any atom is 0.0682 e. The molecule has 0 aliphatic carbocycles. The van der Waals surface area contributed by atoms with Crippen LogP contribution in [0.3, 0.4) is 0 Å². The second-order valence-electron chi connectivity index (χ2n) is 8.75. The molecule has 144 valence electrons. The molecule has 0 bridgehead atoms. The number of hydrogen-bond acceptors (Lipinski definition) is 2. The Hall–Kier alpha value is -1.35. The maximum absolute atomic E-state index is 4.63. The maximum atomic E-state index is 4.63. The number of aromatic nitrogens is 2. The van der Waals surface area contributed by atoms with E-state index >= 15 is 0 Å². The Labute approximate surface area is 159 Å². The van der Waals surface area contributed by atoms with Crippen molar-refractivity contribution >= 4 is 10.9 Å². The van der Waals surface area contributed by atoms with E-state index in [2.05, 4.69) is 66.6 Å². The van der Waals surface area contributed by atoms with E-state index in [1.807, 2.05) is 6.20 Å². The van der Waals surface area contributed by atoms with Crippen molar-refractivity contribution in [2.45, 2.75) is 84.8 Å². The van der Waals surface area contributed by atoms with Gasteiger partial charge in [-0.25, -0.2) is 0 Å². The molecule has 0 amide bonds. The highest BCUT2D eigenvalue weighted by molar-refractivity contribution is 5.78. The van der Waals surface area contributed by atoms with E-state index in [0.29, 0.717) is 5.92 Å². The lowest BCUT2D eigenvalue weighted by Crippen LogP contribution is -2.39. The van der Waals surface area contributed by atoms with Crippen LogP contribution in [0.4, 0.5) is 0 Å². The monoisotopic (exact) mass is 355 g/mol. The zero-order valence-electron chi connectivity index (χ0n) is 17.2. The highest BCUT2D eigenvalue weighted by atomic mass is 15.3. The van der Waals surface area contributed by atoms with Crippen LogP contribution in [-0.2, 0) is 6.54 Å². The second-order valence-corrected chi connectivity index (χ2v) is 8.75. The van der Waals surface area contributed by atoms with Gasteiger partial charge in [0, 0.05) is 30.6 Å². The number of likely N-dealkylation sites (tertiary alicyclic amines) is 1. The largest absolute Gasteiger partial charge is 0.297 e. The number of hydrogen-bond donors (Lipinski definition) is 0. The van der Waals surface area contributed by atoms with Gasteiger partial charge in [-0.15, -0.1) is 0 Å². The molecule has 0 spiro atoms. The summed E-state index contributed by atoms with van der Waals surface area (Å²) in [5, 5.41) is 5.88. The Morgan fingerprint density at radius 2 is 1.92 bits per heavy atom. The highest BCUT2D eigenvalue weighted by Gasteiger charge is 2.32. The van der Waals surface area contributed by atoms with E-state index in [-0.39, 0.29) is 0 Å². The minimum Gasteiger partial charge on any atom is -0.297 e. The molecule has 3 rings (SSSR count). The SMILES string of the molecule is CCCCC(C)CC1CCC(C)N1CC(C)Cn1ncc2ccccc21. The molecule has 0 saturated carbocycles. The van der Waals surface area contributed by atoms with Crippen LogP contribution in [0.1, 0.15) is 66.2 Å². The van der Waals surface area contributed by atoms with Gasteiger partial charge in [0.2, 0.25) is 0 Å². The van der Waals surface area contributed by atoms with Crippen LogP contribution in [0.5, 0.6) is 0 Å². The number of fused-ring (bicyclic) bond motifs is 1. The van der Waals surface area contributed by atoms with E-state index in [4.69, 9.17) is 0 Å². The molecule has 4 atom stereocenters. The molecule has 0 N–H and O–H groups in total. The molecule has 2 heterocycles. The Kier molecular flexibility index (Phi) is 6.74. The Bertz CT molecular complexity index is 677. The van der Waals surface area contributed by atoms with Gasteiger partial charge in [0.15, 0.2) is 0 Å². The summed E-state index contributed by atoms with van der Waals surface area (Å²) in [6.45, 7) is 11.8. The van der Waals surface area contributed by atoms with E-state index in [9.17, 15) is 0 Å². The van der Waals surface area contributed by atoms with Gasteiger partial charge >= 0.3 is 0 Å². The first-order valence-corrected chi connectivity index (χ1v) is 10.7. The Morgan fingerprint density at radius 3 is 2.73 bits per heavy atom. The van der Waals surface area contributed by atoms with Gasteiger partial charge in [-0.2, -0.15) is 5.10 Å². The summed E-state index contributed by atoms with van der Waals surface area (Å²) < 4.78 is 2.19. The fourth-order valence-electron chi connectivity index (χ4n) is 4.73. The smallest absolute Gasteiger partial charge is 0.0682 e. The molecule has 1 fully saturated rings. The fourth-order valence-corrected chi connectivity index (χ4v) is 4.73. The average molecular weight is 356 g/mol. The molecule has 2 aromatic rings. The summed E-state index contributed by atoms with van der Waals surface area (Å²) >= 11 is 0. The van der Waals surface area contributed by atoms with Crippen molar-refractivity contribution in [3.63, 3.8) is 0 Å². The van der Waals surface area contributed by atoms with Gasteiger partial charge in [-0.05, 0) is 44.1 Å². The third kappa shape index (κ3) is 4.68. The van der Waals surface area contributed by atoms with Gasteiger partial charge in [0.1, 0.15) is 0 Å². The molecule has 26 heavy (non-hydrogen) atoms. The molecular formula is C23H37N3. The van der Waals surface area contributed by atoms with Crippen molar-refractivity contribution in [2.24, 2.45) is 11.8 Å². The molecule has 1 aromatic heterocycles. The van der Waals surface area contributed by atoms with Crippen LogP contribution in [-0.4, -0.2) is 33.3 Å². The molecule has 0 radical (unpaired) electrons. The number of unbranched alkanes of at least 4 members (excludes halogenated alkanes) is 1. The number of benzene rings is 1. The van der Waals surface area contributed by atoms with Crippen LogP contribution < -0.4 is 0 Å². The number of nitrogens with zero attached hydrogens (tertiary/aromatic N) is 3. The molecule has 4 unspecified atom stereocenters. The zero-order valence-corrected chi connectivity index (χ0v) is 17.2. The van der Waals surface area contributed by atoms with Crippen LogP contribution in [0.15, 0.2) is 30.5 Å². The Balaban J connectivity index is 1.58. The zero-order chi connectivity index (χ0) is 18.5. The molecular weight excluding hydrogens is 318 g/mol. The summed E-state index contributed by atoms with van der Waals surface area (Å²) in [7, 11) is 0. The first-order chi connectivity index (χ1) is 12.6. The summed E-state index contributed by atoms with van der Waals surface area (Å²) in [5.74, 6) is 1.48. The van der Waals surface area contributed by atoms with Crippen molar-refractivity contribution in [1.82, 2.24) is 14.7 Å². The van der Waals surface area contributed by atoms with Crippen molar-refractivity contribution in [3.8, 4) is 0 Å². The highest BCUT2D eigenvalue weighted by Crippen LogP contribution is 2.31. The van der Waals surface area contributed by atoms with E-state index in [0.717, 1.165) is 24.5 Å². The van der Waals surface area contributed by atoms with Crippen LogP contribution >= 0.6 is 0 Å². The van der Waals surface area contributed by atoms with Gasteiger partial charge < -0.3 is 0 Å². The summed E-state index contributed by atoms with van der Waals surface area (Å²) in [4.78, 5) is 2.80. The first kappa shape index (κ1) is 19.4. The topological polar surface area (TPSA) is 21.1 Å². The predicted molar refractivity (Wildman–Crippen MR) is 111 cm³/mol. The van der Waals surface area contributed by atoms with Gasteiger partial charge in [-0.3, -0.25) is 9.58 Å². The normalized spacial score (nSPS) is 23.5. The molecule has 1 aliphatic heterocycles.